The van der Waals surface area contributed by atoms with Gasteiger partial charge in [0.25, 0.3) is 11.8 Å². The maximum atomic E-state index is 13.0. The average molecular weight is 742 g/mol. The number of ether oxygens (including phenoxy) is 2. The van der Waals surface area contributed by atoms with Gasteiger partial charge < -0.3 is 29.6 Å². The second-order valence-electron chi connectivity index (χ2n) is 13.9. The van der Waals surface area contributed by atoms with Gasteiger partial charge in [-0.3, -0.25) is 33.8 Å². The van der Waals surface area contributed by atoms with Gasteiger partial charge in [-0.15, -0.1) is 5.06 Å². The lowest BCUT2D eigenvalue weighted by atomic mass is 10.0. The van der Waals surface area contributed by atoms with Gasteiger partial charge in [0.2, 0.25) is 0 Å². The second-order valence-corrected chi connectivity index (χ2v) is 13.9. The van der Waals surface area contributed by atoms with E-state index < -0.39 is 41.3 Å². The van der Waals surface area contributed by atoms with Crippen molar-refractivity contribution in [1.29, 1.82) is 0 Å². The van der Waals surface area contributed by atoms with Crippen LogP contribution in [-0.4, -0.2) is 104 Å². The highest BCUT2D eigenvalue weighted by Crippen LogP contribution is 2.24. The molecule has 0 aromatic heterocycles. The molecule has 15 nitrogen and oxygen atoms in total. The smallest absolute Gasteiger partial charge is 0.333 e. The van der Waals surface area contributed by atoms with Gasteiger partial charge in [-0.1, -0.05) is 37.6 Å². The van der Waals surface area contributed by atoms with E-state index in [4.69, 9.17) is 19.4 Å². The third-order valence-electron chi connectivity index (χ3n) is 8.14. The van der Waals surface area contributed by atoms with Crippen LogP contribution in [0.3, 0.4) is 0 Å². The molecule has 0 saturated carbocycles. The number of carbonyl (C=O) groups is 6. The number of aromatic hydroxyl groups is 2. The standard InChI is InChI=1S/C38H51N3O12/c1-5-6-19-51-36(49)24-39(22-28-20-26(7-11-30(28)42)9-15-34(46)47)17-18-40(25-37(50)52-38(2,3)4)23-29-21-27(8-12-31(29)43)10-16-35(48)53-41-32(44)13-14-33(41)45/h7-8,11-12,20-21,42-43H,5-6,9-10,13-19,22-25H2,1-4H3,(H,46,47). The lowest BCUT2D eigenvalue weighted by Gasteiger charge is -2.28. The van der Waals surface area contributed by atoms with E-state index in [-0.39, 0.29) is 95.9 Å². The van der Waals surface area contributed by atoms with E-state index >= 15 is 0 Å². The molecule has 1 heterocycles. The third kappa shape index (κ3) is 15.2. The Labute approximate surface area is 309 Å². The zero-order valence-electron chi connectivity index (χ0n) is 30.9. The quantitative estimate of drug-likeness (QED) is 0.0951. The molecule has 1 fully saturated rings. The molecule has 1 aliphatic heterocycles. The summed E-state index contributed by atoms with van der Waals surface area (Å²) in [6, 6.07) is 9.60. The number of amides is 2. The van der Waals surface area contributed by atoms with Gasteiger partial charge in [0, 0.05) is 56.6 Å². The van der Waals surface area contributed by atoms with Crippen molar-refractivity contribution in [3.05, 3.63) is 58.7 Å². The first-order valence-corrected chi connectivity index (χ1v) is 17.7. The van der Waals surface area contributed by atoms with Crippen LogP contribution in [0, 0.1) is 0 Å². The van der Waals surface area contributed by atoms with Crippen molar-refractivity contribution in [2.45, 2.75) is 97.8 Å². The SMILES string of the molecule is CCCCOC(=O)CN(CCN(CC(=O)OC(C)(C)C)Cc1cc(CCC(=O)ON2C(=O)CCC2=O)ccc1O)Cc1cc(CCC(=O)O)ccc1O. The minimum atomic E-state index is -0.951. The predicted octanol–water partition coefficient (Wildman–Crippen LogP) is 3.64. The number of rotatable bonds is 21. The monoisotopic (exact) mass is 741 g/mol. The Kier molecular flexibility index (Phi) is 16.2. The molecule has 0 bridgehead atoms. The normalized spacial score (nSPS) is 13.1. The number of hydrogen-bond acceptors (Lipinski definition) is 13. The number of nitrogens with zero attached hydrogens (tertiary/aromatic N) is 3. The zero-order valence-corrected chi connectivity index (χ0v) is 30.9. The van der Waals surface area contributed by atoms with E-state index in [0.717, 1.165) is 6.42 Å². The first kappa shape index (κ1) is 42.4. The molecule has 3 N–H and O–H groups in total. The van der Waals surface area contributed by atoms with Crippen LogP contribution >= 0.6 is 0 Å². The van der Waals surface area contributed by atoms with Crippen molar-refractivity contribution in [2.24, 2.45) is 0 Å². The molecular formula is C38H51N3O12. The van der Waals surface area contributed by atoms with Gasteiger partial charge >= 0.3 is 23.9 Å². The van der Waals surface area contributed by atoms with E-state index in [0.29, 0.717) is 33.7 Å². The first-order valence-electron chi connectivity index (χ1n) is 17.7. The fourth-order valence-electron chi connectivity index (χ4n) is 5.45. The number of benzene rings is 2. The van der Waals surface area contributed by atoms with Crippen molar-refractivity contribution >= 4 is 35.7 Å². The van der Waals surface area contributed by atoms with E-state index in [9.17, 15) is 39.0 Å². The molecule has 0 atom stereocenters. The van der Waals surface area contributed by atoms with Crippen molar-refractivity contribution in [2.75, 3.05) is 32.8 Å². The Morgan fingerprint density at radius 2 is 1.28 bits per heavy atom. The molecule has 0 unspecified atom stereocenters. The highest BCUT2D eigenvalue weighted by Gasteiger charge is 2.32. The Bertz CT molecular complexity index is 1600. The summed E-state index contributed by atoms with van der Waals surface area (Å²) >= 11 is 0. The zero-order chi connectivity index (χ0) is 39.1. The van der Waals surface area contributed by atoms with Crippen molar-refractivity contribution < 1.29 is 58.4 Å². The maximum absolute atomic E-state index is 13.0. The van der Waals surface area contributed by atoms with E-state index in [2.05, 4.69) is 0 Å². The van der Waals surface area contributed by atoms with Crippen LogP contribution in [-0.2, 0) is 69.0 Å². The lowest BCUT2D eigenvalue weighted by Crippen LogP contribution is -2.41. The van der Waals surface area contributed by atoms with Crippen molar-refractivity contribution in [3.8, 4) is 11.5 Å². The van der Waals surface area contributed by atoms with Crippen LogP contribution in [0.2, 0.25) is 0 Å². The molecule has 1 saturated heterocycles. The summed E-state index contributed by atoms with van der Waals surface area (Å²) in [4.78, 5) is 81.5. The fraction of sp³-hybridized carbons (Fsp3) is 0.526. The predicted molar refractivity (Wildman–Crippen MR) is 190 cm³/mol. The number of hydrogen-bond donors (Lipinski definition) is 3. The highest BCUT2D eigenvalue weighted by atomic mass is 16.7. The average Bonchev–Trinajstić information content (AvgIpc) is 3.38. The molecule has 1 aliphatic rings. The number of hydroxylamine groups is 2. The van der Waals surface area contributed by atoms with Gasteiger partial charge in [-0.25, -0.2) is 4.79 Å². The summed E-state index contributed by atoms with van der Waals surface area (Å²) in [6.45, 7) is 7.76. The Balaban J connectivity index is 1.80. The van der Waals surface area contributed by atoms with Gasteiger partial charge in [0.05, 0.1) is 26.1 Å². The molecule has 290 valence electrons. The molecule has 2 amide bonds. The number of carboxylic acids is 1. The van der Waals surface area contributed by atoms with Gasteiger partial charge in [-0.2, -0.15) is 0 Å². The minimum Gasteiger partial charge on any atom is -0.508 e. The van der Waals surface area contributed by atoms with Crippen LogP contribution in [0.4, 0.5) is 0 Å². The largest absolute Gasteiger partial charge is 0.508 e. The number of unbranched alkanes of at least 4 members (excludes halogenated alkanes) is 1. The number of esters is 2. The summed E-state index contributed by atoms with van der Waals surface area (Å²) in [5.41, 5.74) is 1.52. The minimum absolute atomic E-state index is 0.0156. The summed E-state index contributed by atoms with van der Waals surface area (Å²) in [5, 5.41) is 31.1. The van der Waals surface area contributed by atoms with Gasteiger partial charge in [0.15, 0.2) is 0 Å². The van der Waals surface area contributed by atoms with Crippen LogP contribution in [0.5, 0.6) is 11.5 Å². The van der Waals surface area contributed by atoms with Crippen LogP contribution in [0.15, 0.2) is 36.4 Å². The van der Waals surface area contributed by atoms with Crippen LogP contribution in [0.1, 0.15) is 88.5 Å². The van der Waals surface area contributed by atoms with Crippen molar-refractivity contribution in [3.63, 3.8) is 0 Å². The summed E-state index contributed by atoms with van der Waals surface area (Å²) in [5.74, 6) is -3.94. The molecule has 0 spiro atoms. The van der Waals surface area contributed by atoms with Crippen molar-refractivity contribution in [1.82, 2.24) is 14.9 Å². The van der Waals surface area contributed by atoms with Gasteiger partial charge in [0.1, 0.15) is 17.1 Å². The Morgan fingerprint density at radius 1 is 0.774 bits per heavy atom. The first-order chi connectivity index (χ1) is 25.0. The number of phenols is 2. The molecular weight excluding hydrogens is 690 g/mol. The molecule has 2 aromatic carbocycles. The van der Waals surface area contributed by atoms with E-state index in [1.54, 1.807) is 54.8 Å². The van der Waals surface area contributed by atoms with Gasteiger partial charge in [-0.05, 0) is 63.3 Å². The topological polar surface area (TPSA) is 201 Å². The molecule has 53 heavy (non-hydrogen) atoms. The molecule has 3 rings (SSSR count). The molecule has 0 aliphatic carbocycles. The summed E-state index contributed by atoms with van der Waals surface area (Å²) in [7, 11) is 0. The number of imide groups is 1. The lowest BCUT2D eigenvalue weighted by molar-refractivity contribution is -0.197. The fourth-order valence-corrected chi connectivity index (χ4v) is 5.45. The number of carboxylic acid groups (broad SMARTS) is 1. The number of aryl methyl sites for hydroxylation is 2. The number of aliphatic carboxylic acids is 1. The van der Waals surface area contributed by atoms with Crippen LogP contribution < -0.4 is 0 Å². The van der Waals surface area contributed by atoms with Crippen LogP contribution in [0.25, 0.3) is 0 Å². The molecule has 0 radical (unpaired) electrons. The summed E-state index contributed by atoms with van der Waals surface area (Å²) < 4.78 is 11.0. The number of carbonyl (C=O) groups excluding carboxylic acids is 5. The summed E-state index contributed by atoms with van der Waals surface area (Å²) in [6.07, 6.45) is 1.71. The van der Waals surface area contributed by atoms with E-state index in [1.807, 2.05) is 6.92 Å². The molecule has 2 aromatic rings. The highest BCUT2D eigenvalue weighted by molar-refractivity contribution is 6.01. The second kappa shape index (κ2) is 20.3. The van der Waals surface area contributed by atoms with E-state index in [1.165, 1.54) is 12.1 Å². The molecule has 15 heteroatoms. The third-order valence-corrected chi connectivity index (χ3v) is 8.14. The Morgan fingerprint density at radius 3 is 1.77 bits per heavy atom. The Hall–Kier alpha value is -5.02. The number of phenolic OH excluding ortho intramolecular Hbond substituents is 2. The maximum Gasteiger partial charge on any atom is 0.333 e.